The summed E-state index contributed by atoms with van der Waals surface area (Å²) in [7, 11) is 0. The fourth-order valence-corrected chi connectivity index (χ4v) is 1.72. The molecule has 110 valence electrons. The summed E-state index contributed by atoms with van der Waals surface area (Å²) >= 11 is 0. The number of H-pyrrole nitrogens is 1. The molecule has 1 aromatic heterocycles. The van der Waals surface area contributed by atoms with Gasteiger partial charge in [0.2, 0.25) is 5.56 Å². The van der Waals surface area contributed by atoms with Crippen molar-refractivity contribution in [2.75, 3.05) is 11.9 Å². The number of ether oxygens (including phenoxy) is 1. The molecule has 1 amide bonds. The Morgan fingerprint density at radius 1 is 1.19 bits per heavy atom. The van der Waals surface area contributed by atoms with E-state index in [1.807, 2.05) is 12.1 Å². The van der Waals surface area contributed by atoms with Crippen LogP contribution in [0.4, 0.5) is 5.69 Å². The zero-order valence-electron chi connectivity index (χ0n) is 12.1. The van der Waals surface area contributed by atoms with Gasteiger partial charge in [-0.15, -0.1) is 0 Å². The number of benzene rings is 1. The molecule has 1 heterocycles. The van der Waals surface area contributed by atoms with Crippen LogP contribution in [0.2, 0.25) is 0 Å². The van der Waals surface area contributed by atoms with Gasteiger partial charge in [0.15, 0.2) is 0 Å². The molecule has 2 aromatic rings. The second kappa shape index (κ2) is 6.74. The van der Waals surface area contributed by atoms with Crippen LogP contribution in [0.5, 0.6) is 5.75 Å². The van der Waals surface area contributed by atoms with Gasteiger partial charge in [-0.3, -0.25) is 9.59 Å². The summed E-state index contributed by atoms with van der Waals surface area (Å²) in [4.78, 5) is 25.8. The number of amides is 1. The van der Waals surface area contributed by atoms with Crippen LogP contribution in [0.3, 0.4) is 0 Å². The number of hydrogen-bond donors (Lipinski definition) is 2. The third-order valence-corrected chi connectivity index (χ3v) is 2.72. The van der Waals surface area contributed by atoms with Crippen molar-refractivity contribution >= 4 is 11.6 Å². The van der Waals surface area contributed by atoms with Crippen LogP contribution in [0.25, 0.3) is 0 Å². The maximum Gasteiger partial charge on any atom is 0.272 e. The summed E-state index contributed by atoms with van der Waals surface area (Å²) in [6.45, 7) is 4.67. The van der Waals surface area contributed by atoms with Crippen LogP contribution in [-0.2, 0) is 0 Å². The summed E-state index contributed by atoms with van der Waals surface area (Å²) in [5, 5.41) is 2.74. The lowest BCUT2D eigenvalue weighted by atomic mass is 10.2. The summed E-state index contributed by atoms with van der Waals surface area (Å²) in [6, 6.07) is 11.7. The first-order chi connectivity index (χ1) is 10.1. The second-order valence-electron chi connectivity index (χ2n) is 5.08. The van der Waals surface area contributed by atoms with E-state index in [2.05, 4.69) is 24.1 Å². The van der Waals surface area contributed by atoms with Crippen LogP contribution in [-0.4, -0.2) is 17.5 Å². The number of hydrogen-bond acceptors (Lipinski definition) is 3. The Labute approximate surface area is 123 Å². The lowest BCUT2D eigenvalue weighted by Gasteiger charge is -2.13. The van der Waals surface area contributed by atoms with Crippen LogP contribution in [0, 0.1) is 5.92 Å². The first-order valence-corrected chi connectivity index (χ1v) is 6.79. The largest absolute Gasteiger partial charge is 0.491 e. The minimum atomic E-state index is -0.381. The van der Waals surface area contributed by atoms with Gasteiger partial charge in [0, 0.05) is 6.07 Å². The Morgan fingerprint density at radius 2 is 1.95 bits per heavy atom. The van der Waals surface area contributed by atoms with Crippen molar-refractivity contribution < 1.29 is 9.53 Å². The Bertz CT molecular complexity index is 677. The van der Waals surface area contributed by atoms with Gasteiger partial charge < -0.3 is 15.0 Å². The molecule has 0 bridgehead atoms. The van der Waals surface area contributed by atoms with E-state index in [0.717, 1.165) is 0 Å². The molecule has 0 fully saturated rings. The molecular weight excluding hydrogens is 268 g/mol. The molecule has 0 aliphatic rings. The Kier molecular flexibility index (Phi) is 4.77. The zero-order valence-corrected chi connectivity index (χ0v) is 12.1. The number of pyridine rings is 1. The smallest absolute Gasteiger partial charge is 0.272 e. The minimum absolute atomic E-state index is 0.209. The lowest BCUT2D eigenvalue weighted by molar-refractivity contribution is 0.102. The molecule has 0 radical (unpaired) electrons. The highest BCUT2D eigenvalue weighted by atomic mass is 16.5. The van der Waals surface area contributed by atoms with Crippen molar-refractivity contribution in [1.82, 2.24) is 4.98 Å². The van der Waals surface area contributed by atoms with Gasteiger partial charge in [-0.2, -0.15) is 0 Å². The predicted molar refractivity (Wildman–Crippen MR) is 81.8 cm³/mol. The Morgan fingerprint density at radius 3 is 2.67 bits per heavy atom. The standard InChI is InChI=1S/C16H18N2O3/c1-11(2)10-21-14-8-4-3-6-12(14)18-16(20)13-7-5-9-15(19)17-13/h3-9,11H,10H2,1-2H3,(H,17,19)(H,18,20). The molecular formula is C16H18N2O3. The molecule has 5 heteroatoms. The van der Waals surface area contributed by atoms with Crippen molar-refractivity contribution in [2.45, 2.75) is 13.8 Å². The summed E-state index contributed by atoms with van der Waals surface area (Å²) < 4.78 is 5.67. The van der Waals surface area contributed by atoms with Crippen molar-refractivity contribution in [2.24, 2.45) is 5.92 Å². The SMILES string of the molecule is CC(C)COc1ccccc1NC(=O)c1cccc(=O)[nH]1. The van der Waals surface area contributed by atoms with Crippen molar-refractivity contribution in [3.05, 3.63) is 58.5 Å². The van der Waals surface area contributed by atoms with Gasteiger partial charge in [0.25, 0.3) is 5.91 Å². The van der Waals surface area contributed by atoms with Gasteiger partial charge >= 0.3 is 0 Å². The molecule has 0 saturated carbocycles. The second-order valence-corrected chi connectivity index (χ2v) is 5.08. The number of anilines is 1. The molecule has 0 aliphatic heterocycles. The highest BCUT2D eigenvalue weighted by Crippen LogP contribution is 2.24. The van der Waals surface area contributed by atoms with Crippen molar-refractivity contribution in [3.8, 4) is 5.75 Å². The zero-order chi connectivity index (χ0) is 15.2. The number of aromatic amines is 1. The number of carbonyl (C=O) groups excluding carboxylic acids is 1. The molecule has 2 rings (SSSR count). The molecule has 5 nitrogen and oxygen atoms in total. The molecule has 1 aromatic carbocycles. The van der Waals surface area contributed by atoms with Gasteiger partial charge in [-0.05, 0) is 24.1 Å². The van der Waals surface area contributed by atoms with E-state index in [0.29, 0.717) is 24.0 Å². The summed E-state index contributed by atoms with van der Waals surface area (Å²) in [5.41, 5.74) is 0.473. The molecule has 0 aliphatic carbocycles. The fourth-order valence-electron chi connectivity index (χ4n) is 1.72. The monoisotopic (exact) mass is 286 g/mol. The number of nitrogens with one attached hydrogen (secondary N) is 2. The molecule has 0 saturated heterocycles. The van der Waals surface area contributed by atoms with Gasteiger partial charge in [-0.25, -0.2) is 0 Å². The van der Waals surface area contributed by atoms with E-state index in [4.69, 9.17) is 4.74 Å². The number of carbonyl (C=O) groups is 1. The molecule has 2 N–H and O–H groups in total. The molecule has 21 heavy (non-hydrogen) atoms. The summed E-state index contributed by atoms with van der Waals surface area (Å²) in [6.07, 6.45) is 0. The topological polar surface area (TPSA) is 71.2 Å². The van der Waals surface area contributed by atoms with Gasteiger partial charge in [-0.1, -0.05) is 32.0 Å². The lowest BCUT2D eigenvalue weighted by Crippen LogP contribution is -2.18. The van der Waals surface area contributed by atoms with Crippen LogP contribution >= 0.6 is 0 Å². The van der Waals surface area contributed by atoms with E-state index < -0.39 is 0 Å². The van der Waals surface area contributed by atoms with E-state index in [1.165, 1.54) is 12.1 Å². The van der Waals surface area contributed by atoms with Gasteiger partial charge in [0.1, 0.15) is 11.4 Å². The van der Waals surface area contributed by atoms with Crippen molar-refractivity contribution in [1.29, 1.82) is 0 Å². The number of rotatable bonds is 5. The van der Waals surface area contributed by atoms with E-state index >= 15 is 0 Å². The maximum absolute atomic E-state index is 12.1. The first kappa shape index (κ1) is 14.8. The average molecular weight is 286 g/mol. The summed E-state index contributed by atoms with van der Waals surface area (Å²) in [5.74, 6) is 0.616. The van der Waals surface area contributed by atoms with Crippen molar-refractivity contribution in [3.63, 3.8) is 0 Å². The van der Waals surface area contributed by atoms with E-state index in [1.54, 1.807) is 18.2 Å². The molecule has 0 spiro atoms. The molecule has 0 atom stereocenters. The Balaban J connectivity index is 2.15. The third-order valence-electron chi connectivity index (χ3n) is 2.72. The third kappa shape index (κ3) is 4.21. The highest BCUT2D eigenvalue weighted by molar-refractivity contribution is 6.03. The van der Waals surface area contributed by atoms with Crippen LogP contribution < -0.4 is 15.6 Å². The van der Waals surface area contributed by atoms with Crippen LogP contribution in [0.1, 0.15) is 24.3 Å². The predicted octanol–water partition coefficient (Wildman–Crippen LogP) is 2.66. The normalized spacial score (nSPS) is 10.4. The number of para-hydroxylation sites is 2. The number of aromatic nitrogens is 1. The van der Waals surface area contributed by atoms with E-state index in [9.17, 15) is 9.59 Å². The average Bonchev–Trinajstić information content (AvgIpc) is 2.46. The fraction of sp³-hybridized carbons (Fsp3) is 0.250. The minimum Gasteiger partial charge on any atom is -0.491 e. The maximum atomic E-state index is 12.1. The van der Waals surface area contributed by atoms with E-state index in [-0.39, 0.29) is 17.2 Å². The molecule has 0 unspecified atom stereocenters. The quantitative estimate of drug-likeness (QED) is 0.887. The first-order valence-electron chi connectivity index (χ1n) is 6.79. The van der Waals surface area contributed by atoms with Crippen LogP contribution in [0.15, 0.2) is 47.3 Å². The van der Waals surface area contributed by atoms with Gasteiger partial charge in [0.05, 0.1) is 12.3 Å². The Hall–Kier alpha value is -2.56. The highest BCUT2D eigenvalue weighted by Gasteiger charge is 2.10.